The van der Waals surface area contributed by atoms with Gasteiger partial charge < -0.3 is 15.5 Å². The van der Waals surface area contributed by atoms with Gasteiger partial charge in [-0.1, -0.05) is 12.1 Å². The Labute approximate surface area is 94.9 Å². The second kappa shape index (κ2) is 4.80. The third kappa shape index (κ3) is 3.47. The first-order chi connectivity index (χ1) is 7.31. The summed E-state index contributed by atoms with van der Waals surface area (Å²) in [5.41, 5.74) is -0.0365. The Morgan fingerprint density at radius 3 is 2.56 bits per heavy atom. The number of phenols is 1. The van der Waals surface area contributed by atoms with E-state index in [-0.39, 0.29) is 17.6 Å². The van der Waals surface area contributed by atoms with Gasteiger partial charge in [0.2, 0.25) is 0 Å². The van der Waals surface area contributed by atoms with Gasteiger partial charge in [0.05, 0.1) is 6.10 Å². The third-order valence-corrected chi connectivity index (χ3v) is 2.19. The maximum absolute atomic E-state index is 13.4. The first-order valence-electron chi connectivity index (χ1n) is 5.22. The van der Waals surface area contributed by atoms with Crippen LogP contribution in [0.15, 0.2) is 18.2 Å². The van der Waals surface area contributed by atoms with Crippen LogP contribution in [0.5, 0.6) is 5.75 Å². The van der Waals surface area contributed by atoms with E-state index in [1.165, 1.54) is 18.2 Å². The quantitative estimate of drug-likeness (QED) is 0.739. The van der Waals surface area contributed by atoms with E-state index < -0.39 is 17.7 Å². The van der Waals surface area contributed by atoms with Crippen molar-refractivity contribution >= 4 is 0 Å². The lowest BCUT2D eigenvalue weighted by Gasteiger charge is -2.23. The molecule has 1 aromatic carbocycles. The van der Waals surface area contributed by atoms with Crippen LogP contribution in [0.4, 0.5) is 4.39 Å². The van der Waals surface area contributed by atoms with Crippen LogP contribution in [-0.4, -0.2) is 22.3 Å². The molecule has 3 N–H and O–H groups in total. The van der Waals surface area contributed by atoms with E-state index in [9.17, 15) is 14.6 Å². The number of aliphatic hydroxyl groups is 1. The van der Waals surface area contributed by atoms with Crippen LogP contribution in [0.25, 0.3) is 0 Å². The van der Waals surface area contributed by atoms with Crippen LogP contribution in [0.2, 0.25) is 0 Å². The molecule has 0 aliphatic heterocycles. The normalized spacial score (nSPS) is 13.8. The Morgan fingerprint density at radius 1 is 1.38 bits per heavy atom. The Hall–Kier alpha value is -1.13. The summed E-state index contributed by atoms with van der Waals surface area (Å²) in [6, 6.07) is 4.22. The molecule has 0 aliphatic carbocycles. The van der Waals surface area contributed by atoms with Gasteiger partial charge in [0.1, 0.15) is 0 Å². The first-order valence-corrected chi connectivity index (χ1v) is 5.22. The highest BCUT2D eigenvalue weighted by atomic mass is 19.1. The standard InChI is InChI=1S/C12H18FNO2/c1-12(2,3)14-7-10(16)8-5-4-6-9(15)11(8)13/h4-6,10,14-16H,7H2,1-3H3. The average Bonchev–Trinajstić information content (AvgIpc) is 2.17. The zero-order valence-electron chi connectivity index (χ0n) is 9.79. The third-order valence-electron chi connectivity index (χ3n) is 2.19. The van der Waals surface area contributed by atoms with Gasteiger partial charge >= 0.3 is 0 Å². The van der Waals surface area contributed by atoms with Gasteiger partial charge in [-0.3, -0.25) is 0 Å². The summed E-state index contributed by atoms with van der Waals surface area (Å²) in [6.45, 7) is 6.11. The van der Waals surface area contributed by atoms with Crippen LogP contribution >= 0.6 is 0 Å². The summed E-state index contributed by atoms with van der Waals surface area (Å²) in [6.07, 6.45) is -0.966. The van der Waals surface area contributed by atoms with E-state index >= 15 is 0 Å². The topological polar surface area (TPSA) is 52.5 Å². The summed E-state index contributed by atoms with van der Waals surface area (Å²) in [4.78, 5) is 0. The Morgan fingerprint density at radius 2 is 2.00 bits per heavy atom. The van der Waals surface area contributed by atoms with Gasteiger partial charge in [0.15, 0.2) is 11.6 Å². The van der Waals surface area contributed by atoms with Crippen molar-refractivity contribution in [3.63, 3.8) is 0 Å². The average molecular weight is 227 g/mol. The fourth-order valence-corrected chi connectivity index (χ4v) is 1.31. The predicted molar refractivity (Wildman–Crippen MR) is 60.8 cm³/mol. The molecule has 0 spiro atoms. The van der Waals surface area contributed by atoms with Crippen LogP contribution in [0.1, 0.15) is 32.4 Å². The number of aromatic hydroxyl groups is 1. The fraction of sp³-hybridized carbons (Fsp3) is 0.500. The zero-order chi connectivity index (χ0) is 12.3. The molecule has 0 fully saturated rings. The van der Waals surface area contributed by atoms with Crippen molar-refractivity contribution in [3.05, 3.63) is 29.6 Å². The molecule has 0 amide bonds. The van der Waals surface area contributed by atoms with E-state index in [1.54, 1.807) is 0 Å². The molecule has 1 rings (SSSR count). The molecule has 0 bridgehead atoms. The van der Waals surface area contributed by atoms with Crippen molar-refractivity contribution in [3.8, 4) is 5.75 Å². The lowest BCUT2D eigenvalue weighted by Crippen LogP contribution is -2.38. The maximum Gasteiger partial charge on any atom is 0.170 e. The molecule has 0 radical (unpaired) electrons. The van der Waals surface area contributed by atoms with Gasteiger partial charge in [0, 0.05) is 17.6 Å². The van der Waals surface area contributed by atoms with E-state index in [4.69, 9.17) is 0 Å². The van der Waals surface area contributed by atoms with Crippen LogP contribution in [0.3, 0.4) is 0 Å². The molecule has 0 heterocycles. The second-order valence-corrected chi connectivity index (χ2v) is 4.83. The van der Waals surface area contributed by atoms with Crippen molar-refractivity contribution in [1.82, 2.24) is 5.32 Å². The van der Waals surface area contributed by atoms with Crippen LogP contribution in [-0.2, 0) is 0 Å². The number of hydrogen-bond acceptors (Lipinski definition) is 3. The zero-order valence-corrected chi connectivity index (χ0v) is 9.79. The van der Waals surface area contributed by atoms with Crippen molar-refractivity contribution < 1.29 is 14.6 Å². The molecule has 0 saturated heterocycles. The summed E-state index contributed by atoms with van der Waals surface area (Å²) < 4.78 is 13.4. The Kier molecular flexibility index (Phi) is 3.88. The van der Waals surface area contributed by atoms with E-state index in [0.717, 1.165) is 0 Å². The van der Waals surface area contributed by atoms with Crippen LogP contribution in [0, 0.1) is 5.82 Å². The lowest BCUT2D eigenvalue weighted by molar-refractivity contribution is 0.158. The summed E-state index contributed by atoms with van der Waals surface area (Å²) >= 11 is 0. The number of halogens is 1. The lowest BCUT2D eigenvalue weighted by atomic mass is 10.1. The minimum Gasteiger partial charge on any atom is -0.505 e. The number of rotatable bonds is 3. The van der Waals surface area contributed by atoms with E-state index in [2.05, 4.69) is 5.32 Å². The predicted octanol–water partition coefficient (Wildman–Crippen LogP) is 1.95. The minimum absolute atomic E-state index is 0.108. The fourth-order valence-electron chi connectivity index (χ4n) is 1.31. The highest BCUT2D eigenvalue weighted by Crippen LogP contribution is 2.23. The second-order valence-electron chi connectivity index (χ2n) is 4.83. The number of benzene rings is 1. The van der Waals surface area contributed by atoms with Crippen molar-refractivity contribution in [2.75, 3.05) is 6.54 Å². The monoisotopic (exact) mass is 227 g/mol. The highest BCUT2D eigenvalue weighted by Gasteiger charge is 2.17. The molecular formula is C12H18FNO2. The van der Waals surface area contributed by atoms with E-state index in [0.29, 0.717) is 0 Å². The largest absolute Gasteiger partial charge is 0.505 e. The maximum atomic E-state index is 13.4. The molecular weight excluding hydrogens is 209 g/mol. The molecule has 16 heavy (non-hydrogen) atoms. The molecule has 3 nitrogen and oxygen atoms in total. The van der Waals surface area contributed by atoms with Gasteiger partial charge in [-0.25, -0.2) is 4.39 Å². The van der Waals surface area contributed by atoms with Crippen molar-refractivity contribution in [2.24, 2.45) is 0 Å². The molecule has 90 valence electrons. The number of hydrogen-bond donors (Lipinski definition) is 3. The summed E-state index contributed by atoms with van der Waals surface area (Å²) in [5, 5.41) is 22.0. The molecule has 1 atom stereocenters. The summed E-state index contributed by atoms with van der Waals surface area (Å²) in [5.74, 6) is -1.20. The van der Waals surface area contributed by atoms with Gasteiger partial charge in [-0.05, 0) is 26.8 Å². The minimum atomic E-state index is -0.966. The van der Waals surface area contributed by atoms with E-state index in [1.807, 2.05) is 20.8 Å². The molecule has 1 unspecified atom stereocenters. The van der Waals surface area contributed by atoms with Gasteiger partial charge in [-0.2, -0.15) is 0 Å². The molecule has 0 aliphatic rings. The molecule has 0 aromatic heterocycles. The number of aliphatic hydroxyl groups excluding tert-OH is 1. The van der Waals surface area contributed by atoms with Crippen molar-refractivity contribution in [2.45, 2.75) is 32.4 Å². The molecule has 4 heteroatoms. The van der Waals surface area contributed by atoms with Gasteiger partial charge in [-0.15, -0.1) is 0 Å². The Balaban J connectivity index is 2.73. The first kappa shape index (κ1) is 12.9. The van der Waals surface area contributed by atoms with Gasteiger partial charge in [0.25, 0.3) is 0 Å². The number of phenolic OH excluding ortho intramolecular Hbond substituents is 1. The smallest absolute Gasteiger partial charge is 0.170 e. The van der Waals surface area contributed by atoms with Crippen molar-refractivity contribution in [1.29, 1.82) is 0 Å². The molecule has 0 saturated carbocycles. The highest BCUT2D eigenvalue weighted by molar-refractivity contribution is 5.31. The number of β-amino-alcohol motifs (C(OH)–C–C–N with tert-alkyl or cyclic N) is 1. The SMILES string of the molecule is CC(C)(C)NCC(O)c1cccc(O)c1F. The summed E-state index contributed by atoms with van der Waals surface area (Å²) in [7, 11) is 0. The van der Waals surface area contributed by atoms with Crippen LogP contribution < -0.4 is 5.32 Å². The number of nitrogens with one attached hydrogen (secondary N) is 1. The Bertz CT molecular complexity index is 361. The molecule has 1 aromatic rings.